The molecule has 52 heavy (non-hydrogen) atoms. The standard InChI is InChI=1S/C32H36F5N9O5S/c1-4-24-27(43-10-12-44(13-11-43)30(49)26-28(48)20(3)38-18-39-26)31(50)46-32(41-29(42-46)21-7-5-6-14-51-17-21)45(24)16-25(47)40-23-9-8-22(15-19(23)2)52(33,34,35,36)37/h7-9,15,18,48H,4-6,10-14,16-17H2,1-3H3,(H,40,47). The van der Waals surface area contributed by atoms with Crippen molar-refractivity contribution in [1.82, 2.24) is 34.0 Å². The number of hydrogen-bond acceptors (Lipinski definition) is 10. The molecule has 0 bridgehead atoms. The van der Waals surface area contributed by atoms with Crippen LogP contribution >= 0.6 is 10.2 Å². The van der Waals surface area contributed by atoms with Gasteiger partial charge in [-0.2, -0.15) is 9.50 Å². The number of carbonyl (C=O) groups excluding carboxylic acids is 2. The number of piperazine rings is 1. The van der Waals surface area contributed by atoms with Crippen LogP contribution < -0.4 is 15.8 Å². The largest absolute Gasteiger partial charge is 0.504 e. The summed E-state index contributed by atoms with van der Waals surface area (Å²) in [6.45, 7) is 5.42. The molecule has 2 aliphatic rings. The van der Waals surface area contributed by atoms with Crippen LogP contribution in [0.15, 0.2) is 40.3 Å². The number of nitrogens with one attached hydrogen (secondary N) is 1. The fourth-order valence-corrected chi connectivity index (χ4v) is 6.90. The van der Waals surface area contributed by atoms with Gasteiger partial charge in [-0.05, 0) is 56.9 Å². The van der Waals surface area contributed by atoms with Crippen molar-refractivity contribution < 1.29 is 38.9 Å². The number of allylic oxidation sites excluding steroid dienone is 1. The summed E-state index contributed by atoms with van der Waals surface area (Å²) in [5.74, 6) is -1.32. The van der Waals surface area contributed by atoms with Crippen LogP contribution in [0.4, 0.5) is 30.8 Å². The van der Waals surface area contributed by atoms with Crippen LogP contribution in [0.2, 0.25) is 0 Å². The minimum absolute atomic E-state index is 0.0253. The van der Waals surface area contributed by atoms with Gasteiger partial charge in [0.05, 0.1) is 18.0 Å². The molecule has 4 aromatic rings. The highest BCUT2D eigenvalue weighted by atomic mass is 32.5. The topological polar surface area (TPSA) is 160 Å². The molecule has 1 aromatic carbocycles. The van der Waals surface area contributed by atoms with E-state index in [9.17, 15) is 38.9 Å². The van der Waals surface area contributed by atoms with E-state index in [1.54, 1.807) is 18.7 Å². The Hall–Kier alpha value is -5.11. The van der Waals surface area contributed by atoms with Crippen molar-refractivity contribution in [3.63, 3.8) is 0 Å². The number of anilines is 2. The maximum absolute atomic E-state index is 14.2. The Labute approximate surface area is 293 Å². The average Bonchev–Trinajstić information content (AvgIpc) is 3.35. The van der Waals surface area contributed by atoms with Crippen molar-refractivity contribution in [2.75, 3.05) is 49.6 Å². The fourth-order valence-electron chi connectivity index (χ4n) is 6.18. The molecule has 1 fully saturated rings. The van der Waals surface area contributed by atoms with E-state index in [1.165, 1.54) is 22.7 Å². The first kappa shape index (κ1) is 36.7. The number of halogens is 5. The summed E-state index contributed by atoms with van der Waals surface area (Å²) in [4.78, 5) is 54.6. The van der Waals surface area contributed by atoms with Crippen molar-refractivity contribution in [1.29, 1.82) is 0 Å². The summed E-state index contributed by atoms with van der Waals surface area (Å²) in [6, 6.07) is 1.28. The zero-order valence-electron chi connectivity index (χ0n) is 28.4. The van der Waals surface area contributed by atoms with Crippen LogP contribution in [-0.4, -0.2) is 90.3 Å². The molecular formula is C32H36F5N9O5S. The van der Waals surface area contributed by atoms with Gasteiger partial charge in [0.2, 0.25) is 11.7 Å². The Balaban J connectivity index is 1.36. The zero-order valence-corrected chi connectivity index (χ0v) is 29.2. The van der Waals surface area contributed by atoms with E-state index < -0.39 is 39.0 Å². The van der Waals surface area contributed by atoms with Crippen LogP contribution in [0.3, 0.4) is 0 Å². The van der Waals surface area contributed by atoms with Gasteiger partial charge in [0, 0.05) is 44.0 Å². The average molecular weight is 754 g/mol. The Morgan fingerprint density at radius 1 is 1.06 bits per heavy atom. The number of nitrogens with zero attached hydrogens (tertiary/aromatic N) is 8. The second kappa shape index (κ2) is 12.8. The third kappa shape index (κ3) is 7.29. The predicted molar refractivity (Wildman–Crippen MR) is 182 cm³/mol. The Bertz CT molecular complexity index is 2180. The van der Waals surface area contributed by atoms with Gasteiger partial charge in [-0.25, -0.2) is 9.97 Å². The van der Waals surface area contributed by atoms with Gasteiger partial charge >= 0.3 is 10.2 Å². The van der Waals surface area contributed by atoms with Crippen molar-refractivity contribution in [3.05, 3.63) is 69.4 Å². The van der Waals surface area contributed by atoms with Crippen molar-refractivity contribution in [2.45, 2.75) is 51.5 Å². The maximum Gasteiger partial charge on any atom is 0.310 e. The van der Waals surface area contributed by atoms with Gasteiger partial charge in [-0.3, -0.25) is 14.4 Å². The third-order valence-corrected chi connectivity index (χ3v) is 10.0. The molecule has 0 spiro atoms. The van der Waals surface area contributed by atoms with Gasteiger partial charge < -0.3 is 29.5 Å². The van der Waals surface area contributed by atoms with Gasteiger partial charge in [0.1, 0.15) is 23.5 Å². The number of amides is 2. The lowest BCUT2D eigenvalue weighted by atomic mass is 10.2. The van der Waals surface area contributed by atoms with E-state index in [0.717, 1.165) is 17.0 Å². The molecule has 5 heterocycles. The molecule has 20 heteroatoms. The minimum Gasteiger partial charge on any atom is -0.504 e. The van der Waals surface area contributed by atoms with Crippen LogP contribution in [0.25, 0.3) is 11.4 Å². The lowest BCUT2D eigenvalue weighted by Crippen LogP contribution is -2.51. The van der Waals surface area contributed by atoms with Gasteiger partial charge in [0.15, 0.2) is 17.3 Å². The van der Waals surface area contributed by atoms with E-state index >= 15 is 0 Å². The lowest BCUT2D eigenvalue weighted by Gasteiger charge is -2.40. The molecule has 280 valence electrons. The molecule has 6 rings (SSSR count). The van der Waals surface area contributed by atoms with E-state index in [0.29, 0.717) is 24.3 Å². The van der Waals surface area contributed by atoms with Gasteiger partial charge in [0.25, 0.3) is 11.5 Å². The predicted octanol–water partition coefficient (Wildman–Crippen LogP) is 5.02. The number of rotatable bonds is 8. The molecule has 0 radical (unpaired) electrons. The molecule has 0 atom stereocenters. The Morgan fingerprint density at radius 3 is 2.46 bits per heavy atom. The monoisotopic (exact) mass is 753 g/mol. The molecule has 14 nitrogen and oxygen atoms in total. The van der Waals surface area contributed by atoms with E-state index in [4.69, 9.17) is 4.74 Å². The molecule has 2 amide bonds. The second-order valence-electron chi connectivity index (χ2n) is 12.5. The van der Waals surface area contributed by atoms with Crippen molar-refractivity contribution in [2.24, 2.45) is 0 Å². The molecule has 2 N–H and O–H groups in total. The number of aryl methyl sites for hydroxylation is 2. The first-order valence-corrected chi connectivity index (χ1v) is 18.3. The second-order valence-corrected chi connectivity index (χ2v) is 15.0. The summed E-state index contributed by atoms with van der Waals surface area (Å²) in [6.07, 6.45) is 4.80. The summed E-state index contributed by atoms with van der Waals surface area (Å²) in [5, 5.41) is 17.4. The van der Waals surface area contributed by atoms with E-state index in [1.807, 2.05) is 6.08 Å². The number of aromatic hydroxyl groups is 1. The molecule has 3 aromatic heterocycles. The number of aromatic nitrogens is 6. The molecule has 2 aliphatic heterocycles. The number of carbonyl (C=O) groups is 2. The first-order valence-electron chi connectivity index (χ1n) is 16.3. The lowest BCUT2D eigenvalue weighted by molar-refractivity contribution is -0.116. The summed E-state index contributed by atoms with van der Waals surface area (Å²) in [5.41, 5.74) is 0.481. The highest BCUT2D eigenvalue weighted by molar-refractivity contribution is 8.45. The number of hydrogen-bond donors (Lipinski definition) is 2. The van der Waals surface area contributed by atoms with Crippen LogP contribution in [0.1, 0.15) is 53.0 Å². The number of fused-ring (bicyclic) bond motifs is 1. The molecule has 0 aliphatic carbocycles. The molecule has 0 saturated carbocycles. The smallest absolute Gasteiger partial charge is 0.310 e. The molecule has 1 saturated heterocycles. The normalized spacial score (nSPS) is 17.0. The molecule has 0 unspecified atom stereocenters. The van der Waals surface area contributed by atoms with Crippen LogP contribution in [0, 0.1) is 13.8 Å². The summed E-state index contributed by atoms with van der Waals surface area (Å²) in [7, 11) is -9.95. The number of benzene rings is 1. The third-order valence-electron chi connectivity index (χ3n) is 8.90. The zero-order chi connectivity index (χ0) is 37.6. The van der Waals surface area contributed by atoms with Gasteiger partial charge in [-0.15, -0.1) is 5.10 Å². The van der Waals surface area contributed by atoms with E-state index in [-0.39, 0.29) is 97.0 Å². The highest BCUT2D eigenvalue weighted by Crippen LogP contribution is 3.02. The molecular weight excluding hydrogens is 717 g/mol. The van der Waals surface area contributed by atoms with Crippen molar-refractivity contribution >= 4 is 44.8 Å². The maximum atomic E-state index is 14.2. The van der Waals surface area contributed by atoms with E-state index in [2.05, 4.69) is 25.4 Å². The van der Waals surface area contributed by atoms with Crippen LogP contribution in [-0.2, 0) is 22.5 Å². The first-order chi connectivity index (χ1) is 24.4. The van der Waals surface area contributed by atoms with Crippen molar-refractivity contribution in [3.8, 4) is 5.75 Å². The Kier molecular flexibility index (Phi) is 9.05. The fraction of sp³-hybridized carbons (Fsp3) is 0.406. The quantitative estimate of drug-likeness (QED) is 0.234. The van der Waals surface area contributed by atoms with Crippen LogP contribution in [0.5, 0.6) is 5.75 Å². The number of ether oxygens (including phenoxy) is 1. The summed E-state index contributed by atoms with van der Waals surface area (Å²) < 4.78 is 75.3. The Morgan fingerprint density at radius 2 is 1.79 bits per heavy atom. The van der Waals surface area contributed by atoms with Gasteiger partial charge in [-0.1, -0.05) is 32.4 Å². The highest BCUT2D eigenvalue weighted by Gasteiger charge is 2.65. The minimum atomic E-state index is -9.95. The SMILES string of the molecule is CCc1c(N2CCN(C(=O)c3ncnc(C)c3O)CC2)c(=O)n2nc(C3=CCCCOC3)nc2n1CC(=O)Nc1ccc(S(F)(F)(F)(F)F)cc1C. The summed E-state index contributed by atoms with van der Waals surface area (Å²) >= 11 is 0.